The van der Waals surface area contributed by atoms with Crippen LogP contribution in [0.5, 0.6) is 0 Å². The molecule has 0 aliphatic heterocycles. The van der Waals surface area contributed by atoms with Gasteiger partial charge in [-0.25, -0.2) is 24.9 Å². The van der Waals surface area contributed by atoms with Gasteiger partial charge in [0.25, 0.3) is 0 Å². The summed E-state index contributed by atoms with van der Waals surface area (Å²) >= 11 is 0. The summed E-state index contributed by atoms with van der Waals surface area (Å²) in [7, 11) is 0. The van der Waals surface area contributed by atoms with Crippen LogP contribution in [0.25, 0.3) is 22.5 Å². The van der Waals surface area contributed by atoms with Gasteiger partial charge in [-0.2, -0.15) is 0 Å². The molecule has 3 heterocycles. The van der Waals surface area contributed by atoms with E-state index in [1.54, 1.807) is 36.9 Å². The predicted octanol–water partition coefficient (Wildman–Crippen LogP) is 1.58. The Morgan fingerprint density at radius 1 is 0.684 bits per heavy atom. The van der Waals surface area contributed by atoms with Crippen molar-refractivity contribution in [3.05, 3.63) is 49.6 Å². The van der Waals surface area contributed by atoms with Crippen LogP contribution in [-0.2, 0) is 0 Å². The molecule has 0 spiro atoms. The molecule has 3 rings (SSSR count). The van der Waals surface area contributed by atoms with Crippen molar-refractivity contribution >= 4 is 5.69 Å². The van der Waals surface area contributed by atoms with Crippen LogP contribution < -0.4 is 5.73 Å². The molecule has 0 unspecified atom stereocenters. The van der Waals surface area contributed by atoms with E-state index in [0.717, 1.165) is 22.5 Å². The van der Waals surface area contributed by atoms with Gasteiger partial charge in [0.15, 0.2) is 0 Å². The van der Waals surface area contributed by atoms with Gasteiger partial charge < -0.3 is 5.73 Å². The van der Waals surface area contributed by atoms with Crippen molar-refractivity contribution in [2.75, 3.05) is 5.73 Å². The number of nitrogen functional groups attached to an aromatic ring is 1. The standard InChI is InChI=1S/C13H10N6/c14-11-1-12(9-3-15-7-16-4-9)19-13(2-11)10-5-17-8-18-6-10/h1-8H,(H2,14,19). The van der Waals surface area contributed by atoms with Gasteiger partial charge in [-0.3, -0.25) is 0 Å². The summed E-state index contributed by atoms with van der Waals surface area (Å²) < 4.78 is 0. The number of hydrogen-bond donors (Lipinski definition) is 1. The van der Waals surface area contributed by atoms with Crippen molar-refractivity contribution in [3.63, 3.8) is 0 Å². The lowest BCUT2D eigenvalue weighted by atomic mass is 10.1. The molecule has 0 aliphatic carbocycles. The van der Waals surface area contributed by atoms with E-state index in [9.17, 15) is 0 Å². The van der Waals surface area contributed by atoms with Crippen LogP contribution in [0.1, 0.15) is 0 Å². The largest absolute Gasteiger partial charge is 0.399 e. The van der Waals surface area contributed by atoms with E-state index in [2.05, 4.69) is 24.9 Å². The first kappa shape index (κ1) is 11.2. The SMILES string of the molecule is Nc1cc(-c2cncnc2)nc(-c2cncnc2)c1. The third-order valence-corrected chi connectivity index (χ3v) is 2.56. The van der Waals surface area contributed by atoms with Gasteiger partial charge in [0.1, 0.15) is 12.7 Å². The molecule has 0 fully saturated rings. The first-order valence-electron chi connectivity index (χ1n) is 5.61. The third-order valence-electron chi connectivity index (χ3n) is 2.56. The molecule has 0 bridgehead atoms. The summed E-state index contributed by atoms with van der Waals surface area (Å²) in [6.07, 6.45) is 9.73. The van der Waals surface area contributed by atoms with Crippen LogP contribution in [0.4, 0.5) is 5.69 Å². The monoisotopic (exact) mass is 250 g/mol. The van der Waals surface area contributed by atoms with E-state index < -0.39 is 0 Å². The molecular formula is C13H10N6. The normalized spacial score (nSPS) is 10.3. The fourth-order valence-electron chi connectivity index (χ4n) is 1.71. The molecular weight excluding hydrogens is 240 g/mol. The Bertz CT molecular complexity index is 626. The average Bonchev–Trinajstić information content (AvgIpc) is 2.48. The topological polar surface area (TPSA) is 90.5 Å². The molecule has 0 amide bonds. The Morgan fingerprint density at radius 3 is 1.53 bits per heavy atom. The van der Waals surface area contributed by atoms with Crippen LogP contribution in [-0.4, -0.2) is 24.9 Å². The lowest BCUT2D eigenvalue weighted by Gasteiger charge is -2.05. The van der Waals surface area contributed by atoms with Crippen molar-refractivity contribution in [3.8, 4) is 22.5 Å². The summed E-state index contributed by atoms with van der Waals surface area (Å²) in [6.45, 7) is 0. The Balaban J connectivity index is 2.12. The molecule has 19 heavy (non-hydrogen) atoms. The summed E-state index contributed by atoms with van der Waals surface area (Å²) in [4.78, 5) is 20.4. The number of hydrogen-bond acceptors (Lipinski definition) is 6. The summed E-state index contributed by atoms with van der Waals surface area (Å²) in [5, 5.41) is 0. The van der Waals surface area contributed by atoms with Crippen molar-refractivity contribution in [2.45, 2.75) is 0 Å². The minimum atomic E-state index is 0.618. The number of nitrogens with zero attached hydrogens (tertiary/aromatic N) is 5. The minimum absolute atomic E-state index is 0.618. The van der Waals surface area contributed by atoms with Gasteiger partial charge in [0.05, 0.1) is 11.4 Å². The van der Waals surface area contributed by atoms with E-state index in [-0.39, 0.29) is 0 Å². The molecule has 0 saturated heterocycles. The fraction of sp³-hybridized carbons (Fsp3) is 0. The number of rotatable bonds is 2. The maximum Gasteiger partial charge on any atom is 0.115 e. The minimum Gasteiger partial charge on any atom is -0.399 e. The molecule has 0 aromatic carbocycles. The fourth-order valence-corrected chi connectivity index (χ4v) is 1.71. The van der Waals surface area contributed by atoms with Gasteiger partial charge in [0, 0.05) is 41.6 Å². The molecule has 0 atom stereocenters. The maximum atomic E-state index is 5.91. The molecule has 0 radical (unpaired) electrons. The second kappa shape index (κ2) is 4.77. The van der Waals surface area contributed by atoms with Gasteiger partial charge >= 0.3 is 0 Å². The van der Waals surface area contributed by atoms with Crippen LogP contribution in [0.15, 0.2) is 49.6 Å². The van der Waals surface area contributed by atoms with Crippen molar-refractivity contribution in [2.24, 2.45) is 0 Å². The van der Waals surface area contributed by atoms with E-state index in [0.29, 0.717) is 5.69 Å². The Morgan fingerprint density at radius 2 is 1.11 bits per heavy atom. The van der Waals surface area contributed by atoms with E-state index in [1.165, 1.54) is 12.7 Å². The highest BCUT2D eigenvalue weighted by Gasteiger charge is 2.06. The van der Waals surface area contributed by atoms with E-state index in [4.69, 9.17) is 5.73 Å². The highest BCUT2D eigenvalue weighted by molar-refractivity contribution is 5.69. The number of pyridine rings is 1. The van der Waals surface area contributed by atoms with Crippen LogP contribution in [0.2, 0.25) is 0 Å². The van der Waals surface area contributed by atoms with E-state index >= 15 is 0 Å². The highest BCUT2D eigenvalue weighted by atomic mass is 14.8. The van der Waals surface area contributed by atoms with E-state index in [1.807, 2.05) is 0 Å². The maximum absolute atomic E-state index is 5.91. The molecule has 92 valence electrons. The number of nitrogens with two attached hydrogens (primary N) is 1. The number of aromatic nitrogens is 5. The first-order valence-corrected chi connectivity index (χ1v) is 5.61. The molecule has 2 N–H and O–H groups in total. The Kier molecular flexibility index (Phi) is 2.82. The second-order valence-corrected chi connectivity index (χ2v) is 3.93. The number of anilines is 1. The zero-order valence-corrected chi connectivity index (χ0v) is 9.93. The van der Waals surface area contributed by atoms with Gasteiger partial charge in [-0.1, -0.05) is 0 Å². The Labute approximate surface area is 109 Å². The quantitative estimate of drug-likeness (QED) is 0.742. The second-order valence-electron chi connectivity index (χ2n) is 3.93. The molecule has 3 aromatic rings. The molecule has 6 heteroatoms. The summed E-state index contributed by atoms with van der Waals surface area (Å²) in [6, 6.07) is 3.57. The van der Waals surface area contributed by atoms with Gasteiger partial charge in [0.2, 0.25) is 0 Å². The molecule has 6 nitrogen and oxygen atoms in total. The Hall–Kier alpha value is -2.89. The van der Waals surface area contributed by atoms with Gasteiger partial charge in [-0.05, 0) is 12.1 Å². The third kappa shape index (κ3) is 2.37. The van der Waals surface area contributed by atoms with Crippen molar-refractivity contribution in [1.29, 1.82) is 0 Å². The van der Waals surface area contributed by atoms with Crippen LogP contribution in [0.3, 0.4) is 0 Å². The van der Waals surface area contributed by atoms with Crippen LogP contribution in [0, 0.1) is 0 Å². The van der Waals surface area contributed by atoms with Gasteiger partial charge in [-0.15, -0.1) is 0 Å². The smallest absolute Gasteiger partial charge is 0.115 e. The summed E-state index contributed by atoms with van der Waals surface area (Å²) in [5.74, 6) is 0. The highest BCUT2D eigenvalue weighted by Crippen LogP contribution is 2.24. The predicted molar refractivity (Wildman–Crippen MR) is 70.7 cm³/mol. The van der Waals surface area contributed by atoms with Crippen molar-refractivity contribution < 1.29 is 0 Å². The van der Waals surface area contributed by atoms with Crippen LogP contribution >= 0.6 is 0 Å². The molecule has 0 aliphatic rings. The molecule has 3 aromatic heterocycles. The first-order chi connectivity index (χ1) is 9.33. The zero-order chi connectivity index (χ0) is 13.1. The van der Waals surface area contributed by atoms with Crippen molar-refractivity contribution in [1.82, 2.24) is 24.9 Å². The summed E-state index contributed by atoms with van der Waals surface area (Å²) in [5.41, 5.74) is 9.60. The molecule has 0 saturated carbocycles. The zero-order valence-electron chi connectivity index (χ0n) is 9.93. The average molecular weight is 250 g/mol. The lowest BCUT2D eigenvalue weighted by Crippen LogP contribution is -1.94. The lowest BCUT2D eigenvalue weighted by molar-refractivity contribution is 1.15.